The predicted octanol–water partition coefficient (Wildman–Crippen LogP) is 3.13. The van der Waals surface area contributed by atoms with Crippen molar-refractivity contribution in [2.24, 2.45) is 0 Å². The summed E-state index contributed by atoms with van der Waals surface area (Å²) in [5, 5.41) is 10.3. The molecule has 0 atom stereocenters. The maximum atomic E-state index is 12.1. The average Bonchev–Trinajstić information content (AvgIpc) is 3.04. The van der Waals surface area contributed by atoms with Crippen molar-refractivity contribution in [1.82, 2.24) is 20.5 Å². The minimum absolute atomic E-state index is 0.0410. The van der Waals surface area contributed by atoms with Crippen molar-refractivity contribution in [3.05, 3.63) is 47.0 Å². The van der Waals surface area contributed by atoms with Gasteiger partial charge >= 0.3 is 0 Å². The molecule has 122 valence electrons. The zero-order valence-corrected chi connectivity index (χ0v) is 13.6. The Morgan fingerprint density at radius 2 is 2.13 bits per heavy atom. The Bertz CT molecular complexity index is 659. The Morgan fingerprint density at radius 1 is 1.30 bits per heavy atom. The molecule has 0 radical (unpaired) electrons. The van der Waals surface area contributed by atoms with Gasteiger partial charge in [0.05, 0.1) is 0 Å². The van der Waals surface area contributed by atoms with Gasteiger partial charge in [-0.25, -0.2) is 4.98 Å². The first-order valence-electron chi connectivity index (χ1n) is 8.48. The molecule has 0 bridgehead atoms. The second-order valence-electron chi connectivity index (χ2n) is 6.35. The van der Waals surface area contributed by atoms with Crippen LogP contribution in [-0.2, 0) is 6.42 Å². The number of aryl methyl sites for hydroxylation is 1. The maximum Gasteiger partial charge on any atom is 0.251 e. The molecule has 0 unspecified atom stereocenters. The van der Waals surface area contributed by atoms with Crippen molar-refractivity contribution in [3.8, 4) is 0 Å². The topological polar surface area (TPSA) is 70.7 Å². The highest BCUT2D eigenvalue weighted by Gasteiger charge is 2.19. The number of amides is 1. The van der Waals surface area contributed by atoms with Gasteiger partial charge in [0.15, 0.2) is 5.82 Å². The van der Waals surface area contributed by atoms with Crippen LogP contribution in [-0.4, -0.2) is 27.6 Å². The molecule has 0 saturated heterocycles. The van der Waals surface area contributed by atoms with E-state index < -0.39 is 0 Å². The van der Waals surface area contributed by atoms with Gasteiger partial charge in [0.2, 0.25) is 0 Å². The summed E-state index contributed by atoms with van der Waals surface area (Å²) in [6, 6.07) is 7.61. The van der Waals surface area contributed by atoms with Gasteiger partial charge in [0.25, 0.3) is 5.91 Å². The molecule has 1 heterocycles. The van der Waals surface area contributed by atoms with Gasteiger partial charge < -0.3 is 5.32 Å². The van der Waals surface area contributed by atoms with Crippen molar-refractivity contribution in [3.63, 3.8) is 0 Å². The molecule has 23 heavy (non-hydrogen) atoms. The second-order valence-corrected chi connectivity index (χ2v) is 6.35. The van der Waals surface area contributed by atoms with Crippen LogP contribution in [0.1, 0.15) is 65.6 Å². The van der Waals surface area contributed by atoms with E-state index in [4.69, 9.17) is 0 Å². The van der Waals surface area contributed by atoms with Crippen LogP contribution in [0.3, 0.4) is 0 Å². The highest BCUT2D eigenvalue weighted by Crippen LogP contribution is 2.30. The van der Waals surface area contributed by atoms with E-state index in [1.54, 1.807) is 0 Å². The van der Waals surface area contributed by atoms with Crippen molar-refractivity contribution in [2.75, 3.05) is 6.54 Å². The molecule has 3 rings (SSSR count). The molecule has 1 aromatic carbocycles. The number of rotatable bonds is 5. The quantitative estimate of drug-likeness (QED) is 0.891. The van der Waals surface area contributed by atoms with Gasteiger partial charge in [-0.15, -0.1) is 0 Å². The Morgan fingerprint density at radius 3 is 2.91 bits per heavy atom. The molecule has 0 aliphatic heterocycles. The smallest absolute Gasteiger partial charge is 0.251 e. The molecule has 1 aliphatic rings. The zero-order valence-electron chi connectivity index (χ0n) is 13.6. The summed E-state index contributed by atoms with van der Waals surface area (Å²) in [6.07, 6.45) is 6.96. The lowest BCUT2D eigenvalue weighted by molar-refractivity contribution is 0.0954. The molecule has 0 spiro atoms. The Kier molecular flexibility index (Phi) is 5.05. The number of aromatic nitrogens is 3. The maximum absolute atomic E-state index is 12.1. The SMILES string of the molecule is Cc1cccc(C(=O)NCCc2nc(C3CCCCC3)n[nH]2)c1. The minimum atomic E-state index is -0.0410. The van der Waals surface area contributed by atoms with Gasteiger partial charge in [0, 0.05) is 24.4 Å². The van der Waals surface area contributed by atoms with Crippen LogP contribution in [0.5, 0.6) is 0 Å². The largest absolute Gasteiger partial charge is 0.352 e. The fraction of sp³-hybridized carbons (Fsp3) is 0.500. The monoisotopic (exact) mass is 312 g/mol. The molecule has 1 aromatic heterocycles. The molecule has 2 aromatic rings. The predicted molar refractivity (Wildman–Crippen MR) is 89.4 cm³/mol. The first-order chi connectivity index (χ1) is 11.2. The molecule has 5 nitrogen and oxygen atoms in total. The van der Waals surface area contributed by atoms with Crippen molar-refractivity contribution < 1.29 is 4.79 Å². The zero-order chi connectivity index (χ0) is 16.1. The lowest BCUT2D eigenvalue weighted by Crippen LogP contribution is -2.26. The van der Waals surface area contributed by atoms with Gasteiger partial charge in [-0.1, -0.05) is 37.0 Å². The number of benzene rings is 1. The third-order valence-corrected chi connectivity index (χ3v) is 4.45. The summed E-state index contributed by atoms with van der Waals surface area (Å²) < 4.78 is 0. The lowest BCUT2D eigenvalue weighted by Gasteiger charge is -2.18. The number of nitrogens with one attached hydrogen (secondary N) is 2. The molecular formula is C18H24N4O. The number of carbonyl (C=O) groups is 1. The normalized spacial score (nSPS) is 15.5. The first kappa shape index (κ1) is 15.7. The van der Waals surface area contributed by atoms with Crippen molar-refractivity contribution >= 4 is 5.91 Å². The number of H-pyrrole nitrogens is 1. The van der Waals surface area contributed by atoms with Crippen LogP contribution >= 0.6 is 0 Å². The van der Waals surface area contributed by atoms with E-state index in [2.05, 4.69) is 20.5 Å². The number of aromatic amines is 1. The Labute approximate surface area is 136 Å². The molecule has 1 saturated carbocycles. The van der Waals surface area contributed by atoms with E-state index in [9.17, 15) is 4.79 Å². The van der Waals surface area contributed by atoms with Crippen LogP contribution < -0.4 is 5.32 Å². The summed E-state index contributed by atoms with van der Waals surface area (Å²) in [7, 11) is 0. The Balaban J connectivity index is 1.49. The van der Waals surface area contributed by atoms with Crippen molar-refractivity contribution in [1.29, 1.82) is 0 Å². The molecule has 2 N–H and O–H groups in total. The number of hydrogen-bond donors (Lipinski definition) is 2. The second kappa shape index (κ2) is 7.40. The third-order valence-electron chi connectivity index (χ3n) is 4.45. The molecule has 1 aliphatic carbocycles. The van der Waals surface area contributed by atoms with Crippen molar-refractivity contribution in [2.45, 2.75) is 51.4 Å². The van der Waals surface area contributed by atoms with Crippen LogP contribution in [0.25, 0.3) is 0 Å². The fourth-order valence-corrected chi connectivity index (χ4v) is 3.15. The summed E-state index contributed by atoms with van der Waals surface area (Å²) in [6.45, 7) is 2.55. The highest BCUT2D eigenvalue weighted by atomic mass is 16.1. The van der Waals surface area contributed by atoms with Crippen LogP contribution in [0.15, 0.2) is 24.3 Å². The van der Waals surface area contributed by atoms with E-state index in [1.807, 2.05) is 31.2 Å². The van der Waals surface area contributed by atoms with E-state index in [0.29, 0.717) is 24.4 Å². The summed E-state index contributed by atoms with van der Waals surface area (Å²) in [4.78, 5) is 16.7. The standard InChI is InChI=1S/C18H24N4O/c1-13-6-5-9-15(12-13)18(23)19-11-10-16-20-17(22-21-16)14-7-3-2-4-8-14/h5-6,9,12,14H,2-4,7-8,10-11H2,1H3,(H,19,23)(H,20,21,22). The van der Waals surface area contributed by atoms with Gasteiger partial charge in [-0.05, 0) is 31.9 Å². The van der Waals surface area contributed by atoms with Gasteiger partial charge in [-0.2, -0.15) is 5.10 Å². The summed E-state index contributed by atoms with van der Waals surface area (Å²) in [5.74, 6) is 2.27. The molecule has 1 amide bonds. The van der Waals surface area contributed by atoms with E-state index in [-0.39, 0.29) is 5.91 Å². The van der Waals surface area contributed by atoms with Gasteiger partial charge in [-0.3, -0.25) is 9.89 Å². The molecular weight excluding hydrogens is 288 g/mol. The summed E-state index contributed by atoms with van der Waals surface area (Å²) >= 11 is 0. The van der Waals surface area contributed by atoms with Crippen LogP contribution in [0.4, 0.5) is 0 Å². The molecule has 5 heteroatoms. The van der Waals surface area contributed by atoms with E-state index >= 15 is 0 Å². The molecule has 1 fully saturated rings. The minimum Gasteiger partial charge on any atom is -0.352 e. The average molecular weight is 312 g/mol. The van der Waals surface area contributed by atoms with E-state index in [1.165, 1.54) is 32.1 Å². The van der Waals surface area contributed by atoms with Gasteiger partial charge in [0.1, 0.15) is 5.82 Å². The summed E-state index contributed by atoms with van der Waals surface area (Å²) in [5.41, 5.74) is 1.79. The third kappa shape index (κ3) is 4.18. The first-order valence-corrected chi connectivity index (χ1v) is 8.48. The van der Waals surface area contributed by atoms with E-state index in [0.717, 1.165) is 17.2 Å². The van der Waals surface area contributed by atoms with Crippen LogP contribution in [0, 0.1) is 6.92 Å². The van der Waals surface area contributed by atoms with Crippen LogP contribution in [0.2, 0.25) is 0 Å². The number of nitrogens with zero attached hydrogens (tertiary/aromatic N) is 2. The fourth-order valence-electron chi connectivity index (χ4n) is 3.15. The lowest BCUT2D eigenvalue weighted by atomic mass is 9.89. The highest BCUT2D eigenvalue weighted by molar-refractivity contribution is 5.94. The Hall–Kier alpha value is -2.17. The number of hydrogen-bond acceptors (Lipinski definition) is 3. The number of carbonyl (C=O) groups excluding carboxylic acids is 1.